The maximum absolute atomic E-state index is 12.2. The average Bonchev–Trinajstić information content (AvgIpc) is 2.88. The van der Waals surface area contributed by atoms with Crippen molar-refractivity contribution in [1.82, 2.24) is 0 Å². The molecule has 0 saturated carbocycles. The van der Waals surface area contributed by atoms with Gasteiger partial charge in [0.15, 0.2) is 5.12 Å². The molecule has 1 aliphatic heterocycles. The van der Waals surface area contributed by atoms with Crippen molar-refractivity contribution < 1.29 is 9.59 Å². The van der Waals surface area contributed by atoms with E-state index in [1.807, 2.05) is 42.5 Å². The third kappa shape index (κ3) is 3.22. The van der Waals surface area contributed by atoms with E-state index in [1.54, 1.807) is 11.8 Å². The summed E-state index contributed by atoms with van der Waals surface area (Å²) in [5.74, 6) is 0.0870. The van der Waals surface area contributed by atoms with Crippen LogP contribution >= 0.6 is 11.8 Å². The molecule has 22 heavy (non-hydrogen) atoms. The molecular weight excluding hydrogens is 294 g/mol. The molecule has 0 bridgehead atoms. The molecule has 1 atom stereocenters. The SMILES string of the molecule is CC(=O)SC1CC(=O)N(c2cccc(-c3ccccc3)c2)C1. The van der Waals surface area contributed by atoms with E-state index in [4.69, 9.17) is 0 Å². The first-order valence-corrected chi connectivity index (χ1v) is 8.14. The Morgan fingerprint density at radius 3 is 2.55 bits per heavy atom. The summed E-state index contributed by atoms with van der Waals surface area (Å²) >= 11 is 1.26. The molecule has 0 radical (unpaired) electrons. The van der Waals surface area contributed by atoms with Crippen LogP contribution in [-0.2, 0) is 9.59 Å². The van der Waals surface area contributed by atoms with Crippen molar-refractivity contribution in [3.05, 3.63) is 54.6 Å². The number of carbonyl (C=O) groups is 2. The first-order chi connectivity index (χ1) is 10.6. The fourth-order valence-corrected chi connectivity index (χ4v) is 3.64. The smallest absolute Gasteiger partial charge is 0.228 e. The minimum Gasteiger partial charge on any atom is -0.311 e. The molecule has 0 aromatic heterocycles. The maximum Gasteiger partial charge on any atom is 0.228 e. The van der Waals surface area contributed by atoms with Gasteiger partial charge in [-0.15, -0.1) is 0 Å². The molecule has 0 N–H and O–H groups in total. The molecule has 3 rings (SSSR count). The maximum atomic E-state index is 12.2. The number of nitrogens with zero attached hydrogens (tertiary/aromatic N) is 1. The zero-order chi connectivity index (χ0) is 15.5. The zero-order valence-corrected chi connectivity index (χ0v) is 13.2. The van der Waals surface area contributed by atoms with E-state index >= 15 is 0 Å². The third-order valence-corrected chi connectivity index (χ3v) is 4.67. The van der Waals surface area contributed by atoms with Gasteiger partial charge in [-0.2, -0.15) is 0 Å². The van der Waals surface area contributed by atoms with E-state index < -0.39 is 0 Å². The van der Waals surface area contributed by atoms with Gasteiger partial charge < -0.3 is 4.90 Å². The summed E-state index contributed by atoms with van der Waals surface area (Å²) in [5.41, 5.74) is 3.12. The molecule has 1 heterocycles. The second-order valence-electron chi connectivity index (χ2n) is 5.36. The Morgan fingerprint density at radius 1 is 1.09 bits per heavy atom. The minimum absolute atomic E-state index is 0.0605. The molecule has 3 nitrogen and oxygen atoms in total. The van der Waals surface area contributed by atoms with Crippen molar-refractivity contribution in [2.24, 2.45) is 0 Å². The van der Waals surface area contributed by atoms with Gasteiger partial charge in [0.25, 0.3) is 0 Å². The Bertz CT molecular complexity index is 699. The molecule has 4 heteroatoms. The summed E-state index contributed by atoms with van der Waals surface area (Å²) in [6.45, 7) is 2.15. The first-order valence-electron chi connectivity index (χ1n) is 7.26. The fourth-order valence-electron chi connectivity index (χ4n) is 2.72. The number of amides is 1. The van der Waals surface area contributed by atoms with Crippen molar-refractivity contribution in [1.29, 1.82) is 0 Å². The molecule has 112 valence electrons. The quantitative estimate of drug-likeness (QED) is 0.866. The minimum atomic E-state index is 0.0605. The molecule has 0 aliphatic carbocycles. The summed E-state index contributed by atoms with van der Waals surface area (Å²) in [5, 5.41) is 0.128. The van der Waals surface area contributed by atoms with Crippen LogP contribution in [0.2, 0.25) is 0 Å². The van der Waals surface area contributed by atoms with Crippen LogP contribution in [0.4, 0.5) is 5.69 Å². The number of anilines is 1. The predicted molar refractivity (Wildman–Crippen MR) is 90.9 cm³/mol. The van der Waals surface area contributed by atoms with Crippen LogP contribution in [0.1, 0.15) is 13.3 Å². The summed E-state index contributed by atoms with van der Waals surface area (Å²) in [7, 11) is 0. The topological polar surface area (TPSA) is 37.4 Å². The molecule has 2 aromatic rings. The highest BCUT2D eigenvalue weighted by molar-refractivity contribution is 8.14. The first kappa shape index (κ1) is 14.9. The lowest BCUT2D eigenvalue weighted by Gasteiger charge is -2.17. The molecule has 1 fully saturated rings. The Morgan fingerprint density at radius 2 is 1.82 bits per heavy atom. The zero-order valence-electron chi connectivity index (χ0n) is 12.4. The van der Waals surface area contributed by atoms with E-state index in [0.717, 1.165) is 16.8 Å². The Kier molecular flexibility index (Phi) is 4.29. The molecule has 1 unspecified atom stereocenters. The molecule has 0 spiro atoms. The second kappa shape index (κ2) is 6.36. The van der Waals surface area contributed by atoms with E-state index in [2.05, 4.69) is 12.1 Å². The summed E-state index contributed by atoms with van der Waals surface area (Å²) in [6.07, 6.45) is 0.430. The number of hydrogen-bond donors (Lipinski definition) is 0. The normalized spacial score (nSPS) is 17.8. The van der Waals surface area contributed by atoms with Crippen molar-refractivity contribution in [2.75, 3.05) is 11.4 Å². The van der Waals surface area contributed by atoms with Crippen LogP contribution in [0, 0.1) is 0 Å². The van der Waals surface area contributed by atoms with Gasteiger partial charge in [-0.05, 0) is 23.3 Å². The van der Waals surface area contributed by atoms with Crippen molar-refractivity contribution >= 4 is 28.5 Å². The molecule has 2 aromatic carbocycles. The van der Waals surface area contributed by atoms with Crippen molar-refractivity contribution in [3.8, 4) is 11.1 Å². The van der Waals surface area contributed by atoms with Crippen LogP contribution in [0.25, 0.3) is 11.1 Å². The van der Waals surface area contributed by atoms with Crippen LogP contribution in [0.15, 0.2) is 54.6 Å². The average molecular weight is 311 g/mol. The van der Waals surface area contributed by atoms with Crippen LogP contribution in [0.3, 0.4) is 0 Å². The number of hydrogen-bond acceptors (Lipinski definition) is 3. The number of rotatable bonds is 3. The number of benzene rings is 2. The molecule has 1 saturated heterocycles. The lowest BCUT2D eigenvalue weighted by molar-refractivity contribution is -0.117. The van der Waals surface area contributed by atoms with Crippen LogP contribution in [-0.4, -0.2) is 22.8 Å². The Hall–Kier alpha value is -2.07. The second-order valence-corrected chi connectivity index (χ2v) is 6.83. The van der Waals surface area contributed by atoms with Gasteiger partial charge in [0, 0.05) is 30.8 Å². The fraction of sp³-hybridized carbons (Fsp3) is 0.222. The van der Waals surface area contributed by atoms with Crippen LogP contribution in [0.5, 0.6) is 0 Å². The van der Waals surface area contributed by atoms with Crippen molar-refractivity contribution in [3.63, 3.8) is 0 Å². The largest absolute Gasteiger partial charge is 0.311 e. The predicted octanol–water partition coefficient (Wildman–Crippen LogP) is 3.74. The summed E-state index contributed by atoms with van der Waals surface area (Å²) < 4.78 is 0. The lowest BCUT2D eigenvalue weighted by Crippen LogP contribution is -2.24. The van der Waals surface area contributed by atoms with E-state index in [1.165, 1.54) is 11.8 Å². The molecule has 1 aliphatic rings. The Labute approximate surface area is 134 Å². The van der Waals surface area contributed by atoms with Gasteiger partial charge in [0.1, 0.15) is 0 Å². The molecular formula is C18H17NO2S. The monoisotopic (exact) mass is 311 g/mol. The van der Waals surface area contributed by atoms with E-state index in [9.17, 15) is 9.59 Å². The number of carbonyl (C=O) groups excluding carboxylic acids is 2. The van der Waals surface area contributed by atoms with Gasteiger partial charge in [0.05, 0.1) is 0 Å². The lowest BCUT2D eigenvalue weighted by atomic mass is 10.1. The van der Waals surface area contributed by atoms with Crippen LogP contribution < -0.4 is 4.90 Å². The standard InChI is InChI=1S/C18H17NO2S/c1-13(20)22-17-11-18(21)19(12-17)16-9-5-8-15(10-16)14-6-3-2-4-7-14/h2-10,17H,11-12H2,1H3. The highest BCUT2D eigenvalue weighted by Crippen LogP contribution is 2.31. The van der Waals surface area contributed by atoms with Gasteiger partial charge in [-0.3, -0.25) is 9.59 Å². The highest BCUT2D eigenvalue weighted by Gasteiger charge is 2.31. The van der Waals surface area contributed by atoms with Gasteiger partial charge in [-0.25, -0.2) is 0 Å². The number of thioether (sulfide) groups is 1. The summed E-state index contributed by atoms with van der Waals surface area (Å²) in [4.78, 5) is 25.2. The van der Waals surface area contributed by atoms with Gasteiger partial charge in [-0.1, -0.05) is 54.2 Å². The van der Waals surface area contributed by atoms with Crippen molar-refractivity contribution in [2.45, 2.75) is 18.6 Å². The highest BCUT2D eigenvalue weighted by atomic mass is 32.2. The van der Waals surface area contributed by atoms with E-state index in [-0.39, 0.29) is 16.3 Å². The third-order valence-electron chi connectivity index (χ3n) is 3.69. The summed E-state index contributed by atoms with van der Waals surface area (Å²) in [6, 6.07) is 18.1. The van der Waals surface area contributed by atoms with Gasteiger partial charge >= 0.3 is 0 Å². The van der Waals surface area contributed by atoms with E-state index in [0.29, 0.717) is 13.0 Å². The Balaban J connectivity index is 1.84. The van der Waals surface area contributed by atoms with Gasteiger partial charge in [0.2, 0.25) is 5.91 Å². The molecule has 1 amide bonds.